The molecule has 118 valence electrons. The molecule has 22 heavy (non-hydrogen) atoms. The van der Waals surface area contributed by atoms with E-state index in [2.05, 4.69) is 25.8 Å². The predicted octanol–water partition coefficient (Wildman–Crippen LogP) is 1.79. The summed E-state index contributed by atoms with van der Waals surface area (Å²) in [4.78, 5) is 11.7. The summed E-state index contributed by atoms with van der Waals surface area (Å²) in [5.41, 5.74) is 0.137. The first-order chi connectivity index (χ1) is 10.3. The number of rotatable bonds is 4. The Morgan fingerprint density at radius 3 is 2.59 bits per heavy atom. The number of ether oxygens (including phenoxy) is 1. The lowest BCUT2D eigenvalue weighted by molar-refractivity contribution is 0.0599. The Kier molecular flexibility index (Phi) is 4.57. The predicted molar refractivity (Wildman–Crippen MR) is 84.3 cm³/mol. The fraction of sp³-hybridized carbons (Fsp3) is 0.231. The van der Waals surface area contributed by atoms with Crippen molar-refractivity contribution < 1.29 is 17.9 Å². The zero-order valence-electron chi connectivity index (χ0n) is 12.1. The Balaban J connectivity index is 2.48. The van der Waals surface area contributed by atoms with Crippen LogP contribution in [-0.4, -0.2) is 38.3 Å². The molecule has 0 bridgehead atoms. The number of carbonyl (C=O) groups is 1. The lowest BCUT2D eigenvalue weighted by Crippen LogP contribution is -2.27. The van der Waals surface area contributed by atoms with Gasteiger partial charge in [0.15, 0.2) is 5.82 Å². The van der Waals surface area contributed by atoms with Crippen LogP contribution >= 0.6 is 15.9 Å². The smallest absolute Gasteiger partial charge is 0.339 e. The van der Waals surface area contributed by atoms with Gasteiger partial charge in [-0.2, -0.15) is 5.10 Å². The zero-order chi connectivity index (χ0) is 16.5. The van der Waals surface area contributed by atoms with Crippen molar-refractivity contribution in [1.29, 1.82) is 0 Å². The van der Waals surface area contributed by atoms with Gasteiger partial charge in [-0.05, 0) is 34.1 Å². The van der Waals surface area contributed by atoms with E-state index in [0.29, 0.717) is 4.47 Å². The number of anilines is 1. The average Bonchev–Trinajstić information content (AvgIpc) is 2.92. The van der Waals surface area contributed by atoms with E-state index in [1.54, 1.807) is 19.3 Å². The molecule has 1 heterocycles. The van der Waals surface area contributed by atoms with Crippen molar-refractivity contribution in [2.24, 2.45) is 7.05 Å². The van der Waals surface area contributed by atoms with E-state index in [-0.39, 0.29) is 16.3 Å². The first-order valence-electron chi connectivity index (χ1n) is 6.14. The molecule has 0 aliphatic heterocycles. The van der Waals surface area contributed by atoms with E-state index in [0.717, 1.165) is 4.31 Å². The van der Waals surface area contributed by atoms with E-state index in [9.17, 15) is 13.2 Å². The zero-order valence-corrected chi connectivity index (χ0v) is 14.6. The van der Waals surface area contributed by atoms with Crippen LogP contribution in [0.3, 0.4) is 0 Å². The summed E-state index contributed by atoms with van der Waals surface area (Å²) < 4.78 is 32.9. The van der Waals surface area contributed by atoms with Crippen LogP contribution in [0.25, 0.3) is 0 Å². The number of esters is 1. The van der Waals surface area contributed by atoms with Gasteiger partial charge in [0, 0.05) is 30.8 Å². The van der Waals surface area contributed by atoms with Gasteiger partial charge in [-0.1, -0.05) is 0 Å². The molecule has 0 saturated heterocycles. The summed E-state index contributed by atoms with van der Waals surface area (Å²) in [6, 6.07) is 5.75. The van der Waals surface area contributed by atoms with Gasteiger partial charge in [-0.15, -0.1) is 0 Å². The van der Waals surface area contributed by atoms with Crippen LogP contribution in [0.2, 0.25) is 0 Å². The second-order valence-electron chi connectivity index (χ2n) is 4.45. The van der Waals surface area contributed by atoms with Crippen LogP contribution in [0, 0.1) is 0 Å². The van der Waals surface area contributed by atoms with E-state index in [1.807, 2.05) is 0 Å². The van der Waals surface area contributed by atoms with E-state index < -0.39 is 16.0 Å². The monoisotopic (exact) mass is 387 g/mol. The summed E-state index contributed by atoms with van der Waals surface area (Å²) in [5, 5.41) is 4.06. The summed E-state index contributed by atoms with van der Waals surface area (Å²) in [5.74, 6) is -0.338. The molecule has 1 aromatic carbocycles. The van der Waals surface area contributed by atoms with E-state index in [4.69, 9.17) is 0 Å². The molecule has 0 unspecified atom stereocenters. The maximum absolute atomic E-state index is 12.6. The summed E-state index contributed by atoms with van der Waals surface area (Å²) in [6.07, 6.45) is 1.64. The van der Waals surface area contributed by atoms with Gasteiger partial charge in [-0.3, -0.25) is 8.99 Å². The van der Waals surface area contributed by atoms with E-state index >= 15 is 0 Å². The van der Waals surface area contributed by atoms with Crippen molar-refractivity contribution in [3.8, 4) is 0 Å². The number of sulfonamides is 1. The van der Waals surface area contributed by atoms with E-state index in [1.165, 1.54) is 37.0 Å². The average molecular weight is 388 g/mol. The number of hydrogen-bond donors (Lipinski definition) is 0. The third-order valence-electron chi connectivity index (χ3n) is 3.02. The first kappa shape index (κ1) is 16.5. The Hall–Kier alpha value is -1.87. The number of aromatic nitrogens is 2. The van der Waals surface area contributed by atoms with Gasteiger partial charge in [0.1, 0.15) is 0 Å². The molecule has 0 aliphatic carbocycles. The molecule has 1 aromatic heterocycles. The molecule has 0 aliphatic rings. The Morgan fingerprint density at radius 2 is 2.05 bits per heavy atom. The lowest BCUT2D eigenvalue weighted by atomic mass is 10.2. The minimum atomic E-state index is -3.83. The molecule has 2 rings (SSSR count). The van der Waals surface area contributed by atoms with Gasteiger partial charge in [0.25, 0.3) is 10.0 Å². The second-order valence-corrected chi connectivity index (χ2v) is 7.28. The maximum atomic E-state index is 12.6. The highest BCUT2D eigenvalue weighted by atomic mass is 79.9. The molecule has 0 spiro atoms. The number of methoxy groups -OCH3 is 1. The Bertz CT molecular complexity index is 816. The molecule has 0 fully saturated rings. The molecule has 0 atom stereocenters. The van der Waals surface area contributed by atoms with Crippen molar-refractivity contribution in [3.63, 3.8) is 0 Å². The fourth-order valence-electron chi connectivity index (χ4n) is 1.78. The SMILES string of the molecule is COC(=O)c1cc(S(=O)(=O)N(C)c2ccn(C)n2)ccc1Br. The van der Waals surface area contributed by atoms with Crippen LogP contribution in [0.4, 0.5) is 5.82 Å². The topological polar surface area (TPSA) is 81.5 Å². The highest BCUT2D eigenvalue weighted by Crippen LogP contribution is 2.25. The van der Waals surface area contributed by atoms with Gasteiger partial charge in [-0.25, -0.2) is 13.2 Å². The van der Waals surface area contributed by atoms with Crippen LogP contribution in [0.15, 0.2) is 39.8 Å². The summed E-state index contributed by atoms with van der Waals surface area (Å²) >= 11 is 3.20. The molecule has 0 N–H and O–H groups in total. The normalized spacial score (nSPS) is 11.3. The fourth-order valence-corrected chi connectivity index (χ4v) is 3.36. The quantitative estimate of drug-likeness (QED) is 0.746. The molecule has 0 radical (unpaired) electrons. The number of nitrogens with zero attached hydrogens (tertiary/aromatic N) is 3. The Morgan fingerprint density at radius 1 is 1.36 bits per heavy atom. The Labute approximate surface area is 136 Å². The number of benzene rings is 1. The number of hydrogen-bond acceptors (Lipinski definition) is 5. The van der Waals surface area contributed by atoms with Crippen molar-refractivity contribution in [1.82, 2.24) is 9.78 Å². The molecule has 0 saturated carbocycles. The maximum Gasteiger partial charge on any atom is 0.339 e. The lowest BCUT2D eigenvalue weighted by Gasteiger charge is -2.17. The van der Waals surface area contributed by atoms with Crippen LogP contribution in [0.1, 0.15) is 10.4 Å². The van der Waals surface area contributed by atoms with Gasteiger partial charge >= 0.3 is 5.97 Å². The second kappa shape index (κ2) is 6.09. The largest absolute Gasteiger partial charge is 0.465 e. The van der Waals surface area contributed by atoms with Crippen LogP contribution in [-0.2, 0) is 21.8 Å². The van der Waals surface area contributed by atoms with Gasteiger partial charge in [0.05, 0.1) is 17.6 Å². The number of carbonyl (C=O) groups excluding carboxylic acids is 1. The van der Waals surface area contributed by atoms with Crippen LogP contribution < -0.4 is 4.31 Å². The third kappa shape index (κ3) is 3.00. The minimum absolute atomic E-state index is 0.0238. The first-order valence-corrected chi connectivity index (χ1v) is 8.37. The van der Waals surface area contributed by atoms with Crippen molar-refractivity contribution in [2.45, 2.75) is 4.90 Å². The third-order valence-corrected chi connectivity index (χ3v) is 5.47. The van der Waals surface area contributed by atoms with Gasteiger partial charge < -0.3 is 4.74 Å². The summed E-state index contributed by atoms with van der Waals surface area (Å²) in [6.45, 7) is 0. The van der Waals surface area contributed by atoms with Crippen LogP contribution in [0.5, 0.6) is 0 Å². The summed E-state index contributed by atoms with van der Waals surface area (Å²) in [7, 11) is 0.495. The molecule has 2 aromatic rings. The standard InChI is InChI=1S/C13H14BrN3O4S/c1-16-7-6-12(15-16)17(2)22(19,20)9-4-5-11(14)10(8-9)13(18)21-3/h4-8H,1-3H3. The van der Waals surface area contributed by atoms with Gasteiger partial charge in [0.2, 0.25) is 0 Å². The molecular formula is C13H14BrN3O4S. The molecule has 7 nitrogen and oxygen atoms in total. The highest BCUT2D eigenvalue weighted by Gasteiger charge is 2.25. The van der Waals surface area contributed by atoms with Crippen molar-refractivity contribution in [2.75, 3.05) is 18.5 Å². The molecule has 0 amide bonds. The molecular weight excluding hydrogens is 374 g/mol. The number of halogens is 1. The highest BCUT2D eigenvalue weighted by molar-refractivity contribution is 9.10. The van der Waals surface area contributed by atoms with Crippen molar-refractivity contribution in [3.05, 3.63) is 40.5 Å². The number of aryl methyl sites for hydroxylation is 1. The minimum Gasteiger partial charge on any atom is -0.465 e. The molecule has 9 heteroatoms. The van der Waals surface area contributed by atoms with Crippen molar-refractivity contribution >= 4 is 37.7 Å².